The molecule has 0 aromatic carbocycles. The van der Waals surface area contributed by atoms with Gasteiger partial charge >= 0.3 is 12.2 Å². The first-order chi connectivity index (χ1) is 21.4. The number of hydrogen-bond acceptors (Lipinski definition) is 7. The van der Waals surface area contributed by atoms with Gasteiger partial charge in [-0.1, -0.05) is 103 Å². The van der Waals surface area contributed by atoms with Gasteiger partial charge in [0.1, 0.15) is 32.4 Å². The number of pyridine rings is 1. The molecular weight excluding hydrogens is 689 g/mol. The first-order valence-electron chi connectivity index (χ1n) is 17.0. The summed E-state index contributed by atoms with van der Waals surface area (Å²) in [4.78, 5) is 37.8. The number of amides is 3. The highest BCUT2D eigenvalue weighted by Gasteiger charge is 2.30. The molecule has 2 unspecified atom stereocenters. The molecule has 11 heteroatoms. The Balaban J connectivity index is 0.0000101. The van der Waals surface area contributed by atoms with Crippen LogP contribution in [0.4, 0.5) is 9.59 Å². The highest BCUT2D eigenvalue weighted by atomic mass is 127. The predicted molar refractivity (Wildman–Crippen MR) is 169 cm³/mol. The number of imide groups is 1. The summed E-state index contributed by atoms with van der Waals surface area (Å²) in [7, 11) is 0. The molecule has 0 aliphatic carbocycles. The molecule has 1 fully saturated rings. The summed E-state index contributed by atoms with van der Waals surface area (Å²) in [5.41, 5.74) is 0.811. The molecule has 45 heavy (non-hydrogen) atoms. The standard InChI is InChI=1S/C34H57N3O7.HI/c1-4-6-7-8-9-10-11-12-13-14-15-16-17-18-20-23-35-33(39)42-27-31-26-41-32(44-31)28-43-34(40)37(29(3)38)25-30-22-19-21-24-36(30)5-2;/h19,21-22,24,31-32H,4-18,20,23,25-28H2,1-3H3;1H. The quantitative estimate of drug-likeness (QED) is 0.103. The van der Waals surface area contributed by atoms with Crippen LogP contribution in [0.2, 0.25) is 0 Å². The van der Waals surface area contributed by atoms with Gasteiger partial charge in [0.15, 0.2) is 12.5 Å². The van der Waals surface area contributed by atoms with E-state index in [4.69, 9.17) is 18.9 Å². The molecule has 10 nitrogen and oxygen atoms in total. The van der Waals surface area contributed by atoms with E-state index in [1.54, 1.807) is 0 Å². The molecule has 0 radical (unpaired) electrons. The van der Waals surface area contributed by atoms with Crippen molar-refractivity contribution < 1.29 is 61.9 Å². The largest absolute Gasteiger partial charge is 1.00 e. The second-order valence-electron chi connectivity index (χ2n) is 11.7. The van der Waals surface area contributed by atoms with Crippen LogP contribution in [0.5, 0.6) is 0 Å². The Morgan fingerprint density at radius 1 is 0.867 bits per heavy atom. The van der Waals surface area contributed by atoms with Gasteiger partial charge in [0, 0.05) is 25.6 Å². The molecule has 1 aromatic rings. The van der Waals surface area contributed by atoms with Crippen LogP contribution in [0, 0.1) is 0 Å². The SMILES string of the molecule is CCCCCCCCCCCCCCCCCNC(=O)OCC1COC(COC(=O)N(Cc2cccc[n+]2CC)C(C)=O)O1.[I-]. The molecule has 2 heterocycles. The van der Waals surface area contributed by atoms with Gasteiger partial charge in [-0.05, 0) is 13.3 Å². The molecule has 3 amide bonds. The Hall–Kier alpha value is -1.99. The smallest absolute Gasteiger partial charge is 0.417 e. The summed E-state index contributed by atoms with van der Waals surface area (Å²) in [6.07, 6.45) is 19.0. The van der Waals surface area contributed by atoms with E-state index in [-0.39, 0.29) is 50.3 Å². The minimum atomic E-state index is -0.790. The molecule has 0 spiro atoms. The minimum Gasteiger partial charge on any atom is -1.00 e. The summed E-state index contributed by atoms with van der Waals surface area (Å²) in [6, 6.07) is 5.61. The van der Waals surface area contributed by atoms with Crippen molar-refractivity contribution in [1.82, 2.24) is 10.2 Å². The lowest BCUT2D eigenvalue weighted by molar-refractivity contribution is -0.701. The summed E-state index contributed by atoms with van der Waals surface area (Å²) < 4.78 is 23.7. The van der Waals surface area contributed by atoms with Gasteiger partial charge in [-0.2, -0.15) is 0 Å². The van der Waals surface area contributed by atoms with E-state index < -0.39 is 30.5 Å². The normalized spacial score (nSPS) is 15.7. The lowest BCUT2D eigenvalue weighted by Gasteiger charge is -2.19. The van der Waals surface area contributed by atoms with Crippen LogP contribution < -0.4 is 33.9 Å². The van der Waals surface area contributed by atoms with E-state index in [2.05, 4.69) is 12.2 Å². The molecule has 1 aliphatic heterocycles. The van der Waals surface area contributed by atoms with E-state index in [0.717, 1.165) is 23.4 Å². The van der Waals surface area contributed by atoms with Crippen molar-refractivity contribution in [1.29, 1.82) is 0 Å². The third kappa shape index (κ3) is 18.7. The zero-order valence-electron chi connectivity index (χ0n) is 27.9. The highest BCUT2D eigenvalue weighted by molar-refractivity contribution is 5.90. The topological polar surface area (TPSA) is 107 Å². The Labute approximate surface area is 288 Å². The average Bonchev–Trinajstić information content (AvgIpc) is 3.49. The van der Waals surface area contributed by atoms with Crippen molar-refractivity contribution >= 4 is 18.1 Å². The second-order valence-corrected chi connectivity index (χ2v) is 11.7. The van der Waals surface area contributed by atoms with Crippen LogP contribution in [-0.4, -0.2) is 61.8 Å². The number of carbonyl (C=O) groups excluding carboxylic acids is 3. The fourth-order valence-corrected chi connectivity index (χ4v) is 5.24. The maximum Gasteiger partial charge on any atom is 0.417 e. The molecule has 1 aromatic heterocycles. The first-order valence-corrected chi connectivity index (χ1v) is 17.0. The third-order valence-corrected chi connectivity index (χ3v) is 7.90. The molecule has 1 N–H and O–H groups in total. The average molecular weight is 748 g/mol. The van der Waals surface area contributed by atoms with Gasteiger partial charge in [0.2, 0.25) is 11.6 Å². The Bertz CT molecular complexity index is 952. The summed E-state index contributed by atoms with van der Waals surface area (Å²) in [5.74, 6) is -0.420. The summed E-state index contributed by atoms with van der Waals surface area (Å²) in [6.45, 7) is 7.05. The van der Waals surface area contributed by atoms with Gasteiger partial charge in [0.25, 0.3) is 0 Å². The van der Waals surface area contributed by atoms with E-state index in [1.165, 1.54) is 90.4 Å². The number of ether oxygens (including phenoxy) is 4. The van der Waals surface area contributed by atoms with E-state index in [1.807, 2.05) is 35.9 Å². The fourth-order valence-electron chi connectivity index (χ4n) is 5.24. The van der Waals surface area contributed by atoms with Gasteiger partial charge in [-0.3, -0.25) is 4.79 Å². The van der Waals surface area contributed by atoms with Crippen molar-refractivity contribution in [3.05, 3.63) is 30.1 Å². The molecule has 1 saturated heterocycles. The maximum absolute atomic E-state index is 12.6. The van der Waals surface area contributed by atoms with Crippen molar-refractivity contribution in [2.24, 2.45) is 0 Å². The summed E-state index contributed by atoms with van der Waals surface area (Å²) in [5, 5.41) is 2.79. The third-order valence-electron chi connectivity index (χ3n) is 7.90. The number of rotatable bonds is 23. The van der Waals surface area contributed by atoms with Crippen LogP contribution in [0.3, 0.4) is 0 Å². The van der Waals surface area contributed by atoms with Crippen LogP contribution in [-0.2, 0) is 36.8 Å². The van der Waals surface area contributed by atoms with Crippen molar-refractivity contribution in [3.63, 3.8) is 0 Å². The highest BCUT2D eigenvalue weighted by Crippen LogP contribution is 2.15. The maximum atomic E-state index is 12.6. The second kappa shape index (κ2) is 26.1. The number of nitrogens with one attached hydrogen (secondary N) is 1. The summed E-state index contributed by atoms with van der Waals surface area (Å²) >= 11 is 0. The van der Waals surface area contributed by atoms with Gasteiger partial charge in [-0.25, -0.2) is 19.1 Å². The number of halogens is 1. The molecule has 0 saturated carbocycles. The molecule has 2 atom stereocenters. The number of carbonyl (C=O) groups is 3. The number of nitrogens with zero attached hydrogens (tertiary/aromatic N) is 2. The van der Waals surface area contributed by atoms with Crippen molar-refractivity contribution in [3.8, 4) is 0 Å². The Morgan fingerprint density at radius 2 is 1.47 bits per heavy atom. The molecule has 258 valence electrons. The number of alkyl carbamates (subject to hydrolysis) is 1. The van der Waals surface area contributed by atoms with Gasteiger partial charge in [0.05, 0.1) is 6.61 Å². The van der Waals surface area contributed by atoms with E-state index in [9.17, 15) is 14.4 Å². The zero-order chi connectivity index (χ0) is 31.8. The number of hydrogen-bond donors (Lipinski definition) is 1. The van der Waals surface area contributed by atoms with Crippen molar-refractivity contribution in [2.45, 2.75) is 143 Å². The van der Waals surface area contributed by atoms with Crippen molar-refractivity contribution in [2.75, 3.05) is 26.4 Å². The van der Waals surface area contributed by atoms with E-state index in [0.29, 0.717) is 13.1 Å². The van der Waals surface area contributed by atoms with Crippen LogP contribution in [0.1, 0.15) is 123 Å². The number of aromatic nitrogens is 1. The molecule has 1 aliphatic rings. The fraction of sp³-hybridized carbons (Fsp3) is 0.765. The number of aryl methyl sites for hydroxylation is 1. The monoisotopic (exact) mass is 747 g/mol. The molecule has 2 rings (SSSR count). The lowest BCUT2D eigenvalue weighted by Crippen LogP contribution is -3.00. The van der Waals surface area contributed by atoms with Gasteiger partial charge < -0.3 is 48.2 Å². The van der Waals surface area contributed by atoms with E-state index >= 15 is 0 Å². The first kappa shape index (κ1) is 41.0. The Morgan fingerprint density at radius 3 is 2.04 bits per heavy atom. The van der Waals surface area contributed by atoms with Crippen LogP contribution >= 0.6 is 0 Å². The minimum absolute atomic E-state index is 0. The zero-order valence-corrected chi connectivity index (χ0v) is 30.1. The van der Waals surface area contributed by atoms with Crippen LogP contribution in [0.25, 0.3) is 0 Å². The lowest BCUT2D eigenvalue weighted by atomic mass is 10.0. The Kier molecular flexibility index (Phi) is 23.8. The molecular formula is C34H58IN3O7. The van der Waals surface area contributed by atoms with Crippen LogP contribution in [0.15, 0.2) is 24.4 Å². The van der Waals surface area contributed by atoms with Gasteiger partial charge in [-0.15, -0.1) is 0 Å². The predicted octanol–water partition coefficient (Wildman–Crippen LogP) is 3.82. The molecule has 0 bridgehead atoms. The number of unbranched alkanes of at least 4 members (excludes halogenated alkanes) is 14.